The molecule has 0 saturated carbocycles. The number of hydrogen-bond acceptors (Lipinski definition) is 7. The summed E-state index contributed by atoms with van der Waals surface area (Å²) in [6.07, 6.45) is 3.95. The number of H-pyrrole nitrogens is 1. The van der Waals surface area contributed by atoms with Gasteiger partial charge in [0.25, 0.3) is 0 Å². The molecule has 1 aliphatic rings. The Kier molecular flexibility index (Phi) is 12.3. The van der Waals surface area contributed by atoms with Gasteiger partial charge < -0.3 is 54.3 Å². The van der Waals surface area contributed by atoms with Gasteiger partial charge in [0, 0.05) is 43.2 Å². The number of nitrogens with one attached hydrogen (secondary N) is 3. The van der Waals surface area contributed by atoms with Crippen LogP contribution in [0.15, 0.2) is 40.4 Å². The molecule has 3 rings (SSSR count). The first-order valence-electron chi connectivity index (χ1n) is 14.5. The summed E-state index contributed by atoms with van der Waals surface area (Å²) in [5.74, 6) is -2.99. The van der Waals surface area contributed by atoms with Crippen LogP contribution in [0.25, 0.3) is 10.9 Å². The number of aliphatic imine (C=N–C) groups is 2. The Balaban J connectivity index is 1.70. The fourth-order valence-electron chi connectivity index (χ4n) is 5.19. The number of carboxylic acid groups (broad SMARTS) is 1. The number of rotatable bonds is 16. The van der Waals surface area contributed by atoms with Crippen molar-refractivity contribution in [3.8, 4) is 0 Å². The molecule has 1 saturated heterocycles. The van der Waals surface area contributed by atoms with Crippen LogP contribution in [0, 0.1) is 0 Å². The van der Waals surface area contributed by atoms with Gasteiger partial charge in [0.05, 0.1) is 6.04 Å². The number of likely N-dealkylation sites (tertiary alicyclic amines) is 1. The number of aromatic nitrogens is 1. The molecule has 44 heavy (non-hydrogen) atoms. The number of fused-ring (bicyclic) bond motifs is 1. The minimum atomic E-state index is -1.26. The summed E-state index contributed by atoms with van der Waals surface area (Å²) < 4.78 is 0. The smallest absolute Gasteiger partial charge is 0.326 e. The molecule has 0 bridgehead atoms. The molecule has 1 fully saturated rings. The van der Waals surface area contributed by atoms with Crippen LogP contribution in [0.3, 0.4) is 0 Å². The number of nitrogens with two attached hydrogens (primary N) is 5. The lowest BCUT2D eigenvalue weighted by molar-refractivity contribution is -0.143. The highest BCUT2D eigenvalue weighted by Gasteiger charge is 2.37. The van der Waals surface area contributed by atoms with E-state index in [-0.39, 0.29) is 37.2 Å². The van der Waals surface area contributed by atoms with Gasteiger partial charge in [-0.15, -0.1) is 0 Å². The fourth-order valence-corrected chi connectivity index (χ4v) is 5.19. The average Bonchev–Trinajstić information content (AvgIpc) is 3.63. The maximum absolute atomic E-state index is 13.4. The van der Waals surface area contributed by atoms with E-state index in [9.17, 15) is 24.3 Å². The van der Waals surface area contributed by atoms with Gasteiger partial charge in [0.2, 0.25) is 17.7 Å². The van der Waals surface area contributed by atoms with Gasteiger partial charge in [-0.2, -0.15) is 0 Å². The largest absolute Gasteiger partial charge is 0.480 e. The number of para-hydroxylation sites is 1. The second-order valence-corrected chi connectivity index (χ2v) is 10.7. The van der Waals surface area contributed by atoms with Gasteiger partial charge in [-0.25, -0.2) is 4.79 Å². The number of nitrogens with zero attached hydrogens (tertiary/aromatic N) is 3. The number of guanidine groups is 2. The van der Waals surface area contributed by atoms with Crippen LogP contribution in [0.1, 0.15) is 44.1 Å². The lowest BCUT2D eigenvalue weighted by Crippen LogP contribution is -2.56. The fraction of sp³-hybridized carbons (Fsp3) is 0.500. The minimum absolute atomic E-state index is 0.0196. The second kappa shape index (κ2) is 16.1. The van der Waals surface area contributed by atoms with Crippen LogP contribution in [0.2, 0.25) is 0 Å². The lowest BCUT2D eigenvalue weighted by Gasteiger charge is -2.28. The summed E-state index contributed by atoms with van der Waals surface area (Å²) in [6.45, 7) is 0.857. The van der Waals surface area contributed by atoms with Crippen LogP contribution in [-0.4, -0.2) is 94.4 Å². The summed E-state index contributed by atoms with van der Waals surface area (Å²) in [4.78, 5) is 64.4. The molecule has 1 aromatic carbocycles. The number of benzene rings is 1. The van der Waals surface area contributed by atoms with Crippen molar-refractivity contribution < 1.29 is 24.3 Å². The van der Waals surface area contributed by atoms with Crippen LogP contribution in [0.5, 0.6) is 0 Å². The zero-order chi connectivity index (χ0) is 32.2. The molecule has 16 nitrogen and oxygen atoms in total. The predicted octanol–water partition coefficient (Wildman–Crippen LogP) is -1.81. The van der Waals surface area contributed by atoms with E-state index in [1.54, 1.807) is 6.20 Å². The number of aliphatic carboxylic acids is 1. The molecule has 2 aromatic rings. The Labute approximate surface area is 254 Å². The van der Waals surface area contributed by atoms with Gasteiger partial charge in [-0.3, -0.25) is 24.4 Å². The Morgan fingerprint density at radius 1 is 0.977 bits per heavy atom. The topological polar surface area (TPSA) is 286 Å². The van der Waals surface area contributed by atoms with E-state index >= 15 is 0 Å². The first kappa shape index (κ1) is 33.6. The maximum atomic E-state index is 13.4. The van der Waals surface area contributed by atoms with Crippen LogP contribution >= 0.6 is 0 Å². The monoisotopic (exact) mass is 613 g/mol. The quantitative estimate of drug-likeness (QED) is 0.0581. The summed E-state index contributed by atoms with van der Waals surface area (Å²) >= 11 is 0. The summed E-state index contributed by atoms with van der Waals surface area (Å²) in [5, 5.41) is 16.1. The van der Waals surface area contributed by atoms with E-state index in [1.807, 2.05) is 24.3 Å². The van der Waals surface area contributed by atoms with Gasteiger partial charge in [0.1, 0.15) is 18.1 Å². The van der Waals surface area contributed by atoms with E-state index < -0.39 is 42.0 Å². The second-order valence-electron chi connectivity index (χ2n) is 10.7. The van der Waals surface area contributed by atoms with Gasteiger partial charge in [-0.05, 0) is 50.2 Å². The molecule has 14 N–H and O–H groups in total. The predicted molar refractivity (Wildman–Crippen MR) is 166 cm³/mol. The number of amides is 3. The summed E-state index contributed by atoms with van der Waals surface area (Å²) in [7, 11) is 0. The van der Waals surface area contributed by atoms with Crippen LogP contribution in [-0.2, 0) is 25.6 Å². The Bertz CT molecular complexity index is 1370. The van der Waals surface area contributed by atoms with Crippen molar-refractivity contribution in [2.24, 2.45) is 38.7 Å². The molecule has 3 amide bonds. The molecular formula is C28H43N11O5. The highest BCUT2D eigenvalue weighted by Crippen LogP contribution is 2.21. The Hall–Kier alpha value is -4.86. The first-order chi connectivity index (χ1) is 21.0. The SMILES string of the molecule is NC(N)=NCCCC(N)C(=O)N1CCCC1C(=O)NC(CCCN=C(N)N)C(=O)NC(Cc1c[nH]c2ccccc12)C(=O)O. The number of carbonyl (C=O) groups is 4. The minimum Gasteiger partial charge on any atom is -0.480 e. The third-order valence-corrected chi connectivity index (χ3v) is 7.42. The number of aromatic amines is 1. The van der Waals surface area contributed by atoms with Crippen molar-refractivity contribution in [1.82, 2.24) is 20.5 Å². The Morgan fingerprint density at radius 3 is 2.30 bits per heavy atom. The van der Waals surface area contributed by atoms with E-state index in [0.29, 0.717) is 45.2 Å². The molecule has 1 aliphatic heterocycles. The van der Waals surface area contributed by atoms with Crippen molar-refractivity contribution in [3.05, 3.63) is 36.0 Å². The lowest BCUT2D eigenvalue weighted by atomic mass is 10.0. The third kappa shape index (κ3) is 9.58. The van der Waals surface area contributed by atoms with E-state index in [0.717, 1.165) is 16.5 Å². The molecule has 0 radical (unpaired) electrons. The zero-order valence-corrected chi connectivity index (χ0v) is 24.6. The third-order valence-electron chi connectivity index (χ3n) is 7.42. The van der Waals surface area contributed by atoms with Gasteiger partial charge >= 0.3 is 5.97 Å². The van der Waals surface area contributed by atoms with E-state index in [2.05, 4.69) is 25.6 Å². The van der Waals surface area contributed by atoms with E-state index in [4.69, 9.17) is 28.7 Å². The van der Waals surface area contributed by atoms with Crippen molar-refractivity contribution in [2.45, 2.75) is 69.1 Å². The molecule has 4 unspecified atom stereocenters. The molecule has 2 heterocycles. The average molecular weight is 614 g/mol. The molecular weight excluding hydrogens is 570 g/mol. The molecule has 1 aromatic heterocycles. The van der Waals surface area contributed by atoms with Crippen molar-refractivity contribution >= 4 is 46.5 Å². The van der Waals surface area contributed by atoms with Crippen LogP contribution < -0.4 is 39.3 Å². The zero-order valence-electron chi connectivity index (χ0n) is 24.6. The summed E-state index contributed by atoms with van der Waals surface area (Å²) in [6, 6.07) is 3.37. The van der Waals surface area contributed by atoms with Crippen molar-refractivity contribution in [3.63, 3.8) is 0 Å². The highest BCUT2D eigenvalue weighted by atomic mass is 16.4. The first-order valence-corrected chi connectivity index (χ1v) is 14.5. The Morgan fingerprint density at radius 2 is 1.64 bits per heavy atom. The standard InChI is InChI=1S/C28H43N11O5/c29-18(7-3-11-34-27(30)31)25(42)39-13-5-10-22(39)24(41)37-20(9-4-12-35-28(32)33)23(40)38-21(26(43)44)14-16-15-36-19-8-2-1-6-17(16)19/h1-2,6,8,15,18,20-22,36H,3-5,7,9-14,29H2,(H,37,41)(H,38,40)(H,43,44)(H4,30,31,34)(H4,32,33,35). The molecule has 240 valence electrons. The van der Waals surface area contributed by atoms with E-state index in [1.165, 1.54) is 4.90 Å². The van der Waals surface area contributed by atoms with Crippen LogP contribution in [0.4, 0.5) is 0 Å². The molecule has 4 atom stereocenters. The number of carboxylic acids is 1. The summed E-state index contributed by atoms with van der Waals surface area (Å²) in [5.41, 5.74) is 29.1. The van der Waals surface area contributed by atoms with Gasteiger partial charge in [-0.1, -0.05) is 18.2 Å². The molecule has 0 spiro atoms. The molecule has 0 aliphatic carbocycles. The molecule has 16 heteroatoms. The highest BCUT2D eigenvalue weighted by molar-refractivity contribution is 5.94. The number of carbonyl (C=O) groups excluding carboxylic acids is 3. The number of hydrogen-bond donors (Lipinski definition) is 9. The van der Waals surface area contributed by atoms with Crippen molar-refractivity contribution in [1.29, 1.82) is 0 Å². The normalized spacial score (nSPS) is 16.5. The van der Waals surface area contributed by atoms with Crippen molar-refractivity contribution in [2.75, 3.05) is 19.6 Å². The maximum Gasteiger partial charge on any atom is 0.326 e. The van der Waals surface area contributed by atoms with Gasteiger partial charge in [0.15, 0.2) is 11.9 Å².